The first-order valence-corrected chi connectivity index (χ1v) is 10.4. The molecular weight excluding hydrogens is 374 g/mol. The van der Waals surface area contributed by atoms with Crippen LogP contribution < -0.4 is 10.2 Å². The van der Waals surface area contributed by atoms with E-state index >= 15 is 0 Å². The average Bonchev–Trinajstić information content (AvgIpc) is 2.74. The molecule has 1 saturated carbocycles. The molecule has 1 aliphatic heterocycles. The maximum Gasteiger partial charge on any atom is 0.309 e. The van der Waals surface area contributed by atoms with Gasteiger partial charge < -0.3 is 15.0 Å². The number of nitro benzene ring substituents is 1. The summed E-state index contributed by atoms with van der Waals surface area (Å²) < 4.78 is 5.42. The Bertz CT molecular complexity index is 740. The number of carbonyl (C=O) groups is 2. The minimum absolute atomic E-state index is 0.0709. The van der Waals surface area contributed by atoms with Crippen LogP contribution in [0.25, 0.3) is 0 Å². The third-order valence-corrected chi connectivity index (χ3v) is 5.86. The molecule has 8 heteroatoms. The van der Waals surface area contributed by atoms with Gasteiger partial charge in [-0.25, -0.2) is 0 Å². The van der Waals surface area contributed by atoms with Crippen molar-refractivity contribution in [3.8, 4) is 0 Å². The summed E-state index contributed by atoms with van der Waals surface area (Å²) in [6, 6.07) is 6.82. The van der Waals surface area contributed by atoms with E-state index in [-0.39, 0.29) is 34.4 Å². The van der Waals surface area contributed by atoms with E-state index in [1.54, 1.807) is 25.1 Å². The summed E-state index contributed by atoms with van der Waals surface area (Å²) >= 11 is 0. The molecule has 0 bridgehead atoms. The van der Waals surface area contributed by atoms with Crippen molar-refractivity contribution in [2.45, 2.75) is 64.0 Å². The van der Waals surface area contributed by atoms with Crippen LogP contribution >= 0.6 is 0 Å². The zero-order chi connectivity index (χ0) is 20.8. The number of amides is 1. The van der Waals surface area contributed by atoms with Crippen LogP contribution in [0.4, 0.5) is 11.4 Å². The fourth-order valence-corrected chi connectivity index (χ4v) is 4.13. The van der Waals surface area contributed by atoms with Gasteiger partial charge in [-0.05, 0) is 38.7 Å². The fourth-order valence-electron chi connectivity index (χ4n) is 4.13. The number of para-hydroxylation sites is 2. The lowest BCUT2D eigenvalue weighted by molar-refractivity contribution is -0.384. The maximum atomic E-state index is 12.5. The zero-order valence-corrected chi connectivity index (χ0v) is 16.8. The second-order valence-corrected chi connectivity index (χ2v) is 7.93. The number of nitro groups is 1. The molecule has 1 aliphatic carbocycles. The molecule has 3 rings (SSSR count). The highest BCUT2D eigenvalue weighted by molar-refractivity contribution is 5.84. The van der Waals surface area contributed by atoms with Crippen LogP contribution in [-0.4, -0.2) is 42.0 Å². The van der Waals surface area contributed by atoms with Crippen LogP contribution in [0.3, 0.4) is 0 Å². The van der Waals surface area contributed by atoms with E-state index in [0.717, 1.165) is 25.7 Å². The Hall–Kier alpha value is -2.64. The smallest absolute Gasteiger partial charge is 0.309 e. The monoisotopic (exact) mass is 403 g/mol. The van der Waals surface area contributed by atoms with Gasteiger partial charge in [-0.3, -0.25) is 19.7 Å². The number of esters is 1. The normalized spacial score (nSPS) is 19.4. The fraction of sp³-hybridized carbons (Fsp3) is 0.619. The Morgan fingerprint density at radius 3 is 2.45 bits per heavy atom. The molecule has 29 heavy (non-hydrogen) atoms. The Morgan fingerprint density at radius 2 is 1.79 bits per heavy atom. The Kier molecular flexibility index (Phi) is 7.06. The minimum Gasteiger partial charge on any atom is -0.452 e. The summed E-state index contributed by atoms with van der Waals surface area (Å²) in [5.74, 6) is -0.889. The molecule has 2 aliphatic rings. The molecule has 0 spiro atoms. The molecular formula is C21H29N3O5. The van der Waals surface area contributed by atoms with E-state index in [4.69, 9.17) is 4.74 Å². The van der Waals surface area contributed by atoms with Crippen LogP contribution in [0, 0.1) is 16.0 Å². The first-order valence-electron chi connectivity index (χ1n) is 10.4. The molecule has 1 aromatic rings. The number of benzene rings is 1. The van der Waals surface area contributed by atoms with Crippen LogP contribution in [0.5, 0.6) is 0 Å². The average molecular weight is 403 g/mol. The second-order valence-electron chi connectivity index (χ2n) is 7.93. The van der Waals surface area contributed by atoms with Crippen molar-refractivity contribution in [2.75, 3.05) is 18.0 Å². The van der Waals surface area contributed by atoms with Crippen molar-refractivity contribution >= 4 is 23.3 Å². The molecule has 1 aromatic carbocycles. The first kappa shape index (κ1) is 21.1. The molecule has 1 amide bonds. The van der Waals surface area contributed by atoms with Crippen molar-refractivity contribution in [3.05, 3.63) is 34.4 Å². The van der Waals surface area contributed by atoms with Gasteiger partial charge >= 0.3 is 5.97 Å². The molecule has 1 N–H and O–H groups in total. The number of hydrogen-bond donors (Lipinski definition) is 1. The van der Waals surface area contributed by atoms with E-state index in [2.05, 4.69) is 5.32 Å². The molecule has 0 radical (unpaired) electrons. The van der Waals surface area contributed by atoms with Crippen LogP contribution in [0.2, 0.25) is 0 Å². The van der Waals surface area contributed by atoms with Gasteiger partial charge in [0.2, 0.25) is 0 Å². The number of hydrogen-bond acceptors (Lipinski definition) is 6. The van der Waals surface area contributed by atoms with Crippen LogP contribution in [-0.2, 0) is 14.3 Å². The molecule has 1 saturated heterocycles. The SMILES string of the molecule is C[C@@H](OC(=O)C1CCN(c2ccccc2[N+](=O)[O-])CC1)C(=O)NC1CCCCC1. The van der Waals surface area contributed by atoms with E-state index in [0.29, 0.717) is 31.6 Å². The van der Waals surface area contributed by atoms with E-state index in [1.807, 2.05) is 4.90 Å². The summed E-state index contributed by atoms with van der Waals surface area (Å²) in [6.07, 6.45) is 5.70. The topological polar surface area (TPSA) is 102 Å². The molecule has 0 unspecified atom stereocenters. The highest BCUT2D eigenvalue weighted by Gasteiger charge is 2.31. The molecule has 8 nitrogen and oxygen atoms in total. The van der Waals surface area contributed by atoms with Crippen LogP contribution in [0.15, 0.2) is 24.3 Å². The first-order chi connectivity index (χ1) is 14.0. The zero-order valence-electron chi connectivity index (χ0n) is 16.8. The summed E-state index contributed by atoms with van der Waals surface area (Å²) in [6.45, 7) is 2.68. The molecule has 2 fully saturated rings. The quantitative estimate of drug-likeness (QED) is 0.445. The van der Waals surface area contributed by atoms with E-state index in [1.165, 1.54) is 12.5 Å². The summed E-state index contributed by atoms with van der Waals surface area (Å²) in [5, 5.41) is 14.2. The second kappa shape index (κ2) is 9.71. The van der Waals surface area contributed by atoms with Gasteiger partial charge in [0.1, 0.15) is 5.69 Å². The van der Waals surface area contributed by atoms with Gasteiger partial charge in [-0.2, -0.15) is 0 Å². The standard InChI is InChI=1S/C21H29N3O5/c1-15(20(25)22-17-7-3-2-4-8-17)29-21(26)16-11-13-23(14-12-16)18-9-5-6-10-19(18)24(27)28/h5-6,9-10,15-17H,2-4,7-8,11-14H2,1H3,(H,22,25)/t15-/m1/s1. The van der Waals surface area contributed by atoms with Gasteiger partial charge in [0.25, 0.3) is 11.6 Å². The van der Waals surface area contributed by atoms with Crippen molar-refractivity contribution < 1.29 is 19.2 Å². The van der Waals surface area contributed by atoms with Crippen molar-refractivity contribution in [1.82, 2.24) is 5.32 Å². The predicted molar refractivity (Wildman–Crippen MR) is 109 cm³/mol. The van der Waals surface area contributed by atoms with E-state index in [9.17, 15) is 19.7 Å². The Labute approximate surface area is 170 Å². The maximum absolute atomic E-state index is 12.5. The highest BCUT2D eigenvalue weighted by atomic mass is 16.6. The van der Waals surface area contributed by atoms with Gasteiger partial charge in [0.15, 0.2) is 6.10 Å². The summed E-state index contributed by atoms with van der Waals surface area (Å²) in [5.41, 5.74) is 0.645. The van der Waals surface area contributed by atoms with Crippen molar-refractivity contribution in [1.29, 1.82) is 0 Å². The number of ether oxygens (including phenoxy) is 1. The number of nitrogens with zero attached hydrogens (tertiary/aromatic N) is 2. The highest BCUT2D eigenvalue weighted by Crippen LogP contribution is 2.31. The minimum atomic E-state index is -0.808. The number of carbonyl (C=O) groups excluding carboxylic acids is 2. The number of nitrogens with one attached hydrogen (secondary N) is 1. The van der Waals surface area contributed by atoms with Gasteiger partial charge in [-0.15, -0.1) is 0 Å². The Morgan fingerprint density at radius 1 is 1.14 bits per heavy atom. The Balaban J connectivity index is 1.48. The molecule has 1 atom stereocenters. The lowest BCUT2D eigenvalue weighted by Crippen LogP contribution is -2.44. The summed E-state index contributed by atoms with van der Waals surface area (Å²) in [4.78, 5) is 37.6. The molecule has 158 valence electrons. The van der Waals surface area contributed by atoms with Gasteiger partial charge in [0, 0.05) is 25.2 Å². The van der Waals surface area contributed by atoms with Gasteiger partial charge in [-0.1, -0.05) is 31.4 Å². The molecule has 1 heterocycles. The van der Waals surface area contributed by atoms with Crippen LogP contribution in [0.1, 0.15) is 51.9 Å². The summed E-state index contributed by atoms with van der Waals surface area (Å²) in [7, 11) is 0. The van der Waals surface area contributed by atoms with Crippen molar-refractivity contribution in [3.63, 3.8) is 0 Å². The third-order valence-electron chi connectivity index (χ3n) is 5.86. The predicted octanol–water partition coefficient (Wildman–Crippen LogP) is 3.19. The largest absolute Gasteiger partial charge is 0.452 e. The van der Waals surface area contributed by atoms with E-state index < -0.39 is 6.10 Å². The number of piperidine rings is 1. The lowest BCUT2D eigenvalue weighted by atomic mass is 9.95. The number of anilines is 1. The molecule has 0 aromatic heterocycles. The van der Waals surface area contributed by atoms with Crippen molar-refractivity contribution in [2.24, 2.45) is 5.92 Å². The van der Waals surface area contributed by atoms with Gasteiger partial charge in [0.05, 0.1) is 10.8 Å². The number of rotatable bonds is 6. The lowest BCUT2D eigenvalue weighted by Gasteiger charge is -2.32. The third kappa shape index (κ3) is 5.46.